The van der Waals surface area contributed by atoms with Gasteiger partial charge in [-0.1, -0.05) is 12.1 Å². The van der Waals surface area contributed by atoms with Crippen molar-refractivity contribution in [1.82, 2.24) is 4.90 Å². The highest BCUT2D eigenvalue weighted by molar-refractivity contribution is 7.07. The molecule has 1 aromatic heterocycles. The molecule has 0 saturated heterocycles. The molecule has 0 N–H and O–H groups in total. The molecule has 1 aromatic carbocycles. The second-order valence-corrected chi connectivity index (χ2v) is 4.89. The maximum absolute atomic E-state index is 8.72. The zero-order valence-electron chi connectivity index (χ0n) is 9.76. The number of rotatable bonds is 4. The van der Waals surface area contributed by atoms with Crippen LogP contribution in [0.3, 0.4) is 0 Å². The molecule has 1 heterocycles. The third kappa shape index (κ3) is 3.42. The van der Waals surface area contributed by atoms with E-state index < -0.39 is 0 Å². The van der Waals surface area contributed by atoms with Crippen molar-refractivity contribution in [1.29, 1.82) is 5.26 Å². The zero-order valence-corrected chi connectivity index (χ0v) is 10.6. The number of thiophene rings is 1. The number of hydrogen-bond donors (Lipinski definition) is 0. The van der Waals surface area contributed by atoms with E-state index in [0.29, 0.717) is 5.56 Å². The molecule has 0 spiro atoms. The van der Waals surface area contributed by atoms with Crippen molar-refractivity contribution in [2.24, 2.45) is 0 Å². The van der Waals surface area contributed by atoms with Gasteiger partial charge in [-0.3, -0.25) is 4.90 Å². The summed E-state index contributed by atoms with van der Waals surface area (Å²) >= 11 is 1.73. The van der Waals surface area contributed by atoms with Crippen LogP contribution in [-0.4, -0.2) is 11.9 Å². The summed E-state index contributed by atoms with van der Waals surface area (Å²) in [5.41, 5.74) is 3.31. The summed E-state index contributed by atoms with van der Waals surface area (Å²) in [7, 11) is 2.11. The van der Waals surface area contributed by atoms with Gasteiger partial charge < -0.3 is 0 Å². The average molecular weight is 242 g/mol. The standard InChI is InChI=1S/C14H14N2S/c1-16(10-14-6-7-17-11-14)9-13-4-2-12(8-15)3-5-13/h2-7,11H,9-10H2,1H3. The molecule has 17 heavy (non-hydrogen) atoms. The second kappa shape index (κ2) is 5.62. The third-order valence-corrected chi connectivity index (χ3v) is 3.30. The molecule has 0 saturated carbocycles. The van der Waals surface area contributed by atoms with Crippen LogP contribution in [0, 0.1) is 11.3 Å². The summed E-state index contributed by atoms with van der Waals surface area (Å²) in [6, 6.07) is 12.1. The molecule has 0 radical (unpaired) electrons. The van der Waals surface area contributed by atoms with E-state index in [2.05, 4.69) is 34.8 Å². The Hall–Kier alpha value is -1.63. The first-order valence-corrected chi connectivity index (χ1v) is 6.41. The number of nitrogens with zero attached hydrogens (tertiary/aromatic N) is 2. The van der Waals surface area contributed by atoms with Crippen LogP contribution in [0.25, 0.3) is 0 Å². The van der Waals surface area contributed by atoms with E-state index in [0.717, 1.165) is 13.1 Å². The van der Waals surface area contributed by atoms with Crippen LogP contribution in [-0.2, 0) is 13.1 Å². The lowest BCUT2D eigenvalue weighted by Crippen LogP contribution is -2.16. The Kier molecular flexibility index (Phi) is 3.92. The molecular weight excluding hydrogens is 228 g/mol. The van der Waals surface area contributed by atoms with Gasteiger partial charge in [-0.25, -0.2) is 0 Å². The fourth-order valence-corrected chi connectivity index (χ4v) is 2.41. The quantitative estimate of drug-likeness (QED) is 0.823. The van der Waals surface area contributed by atoms with Crippen LogP contribution in [0.15, 0.2) is 41.1 Å². The van der Waals surface area contributed by atoms with Gasteiger partial charge in [0.25, 0.3) is 0 Å². The number of hydrogen-bond acceptors (Lipinski definition) is 3. The highest BCUT2D eigenvalue weighted by Gasteiger charge is 2.02. The van der Waals surface area contributed by atoms with E-state index >= 15 is 0 Å². The molecule has 2 aromatic rings. The SMILES string of the molecule is CN(Cc1ccc(C#N)cc1)Cc1ccsc1. The van der Waals surface area contributed by atoms with Crippen molar-refractivity contribution in [3.05, 3.63) is 57.8 Å². The minimum atomic E-state index is 0.717. The van der Waals surface area contributed by atoms with Crippen molar-refractivity contribution >= 4 is 11.3 Å². The Morgan fingerprint density at radius 3 is 2.41 bits per heavy atom. The molecule has 0 bridgehead atoms. The monoisotopic (exact) mass is 242 g/mol. The topological polar surface area (TPSA) is 27.0 Å². The predicted octanol–water partition coefficient (Wildman–Crippen LogP) is 3.25. The summed E-state index contributed by atoms with van der Waals surface area (Å²) < 4.78 is 0. The Labute approximate surface area is 106 Å². The Morgan fingerprint density at radius 2 is 1.82 bits per heavy atom. The van der Waals surface area contributed by atoms with Crippen molar-refractivity contribution in [2.45, 2.75) is 13.1 Å². The van der Waals surface area contributed by atoms with E-state index in [1.807, 2.05) is 24.3 Å². The lowest BCUT2D eigenvalue weighted by Gasteiger charge is -2.15. The lowest BCUT2D eigenvalue weighted by atomic mass is 10.1. The second-order valence-electron chi connectivity index (χ2n) is 4.11. The van der Waals surface area contributed by atoms with Gasteiger partial charge in [0.05, 0.1) is 11.6 Å². The van der Waals surface area contributed by atoms with Crippen molar-refractivity contribution in [3.63, 3.8) is 0 Å². The van der Waals surface area contributed by atoms with Crippen molar-refractivity contribution < 1.29 is 0 Å². The van der Waals surface area contributed by atoms with Crippen LogP contribution in [0.4, 0.5) is 0 Å². The smallest absolute Gasteiger partial charge is 0.0991 e. The number of benzene rings is 1. The first-order valence-electron chi connectivity index (χ1n) is 5.46. The minimum Gasteiger partial charge on any atom is -0.298 e. The number of nitriles is 1. The van der Waals surface area contributed by atoms with Gasteiger partial charge in [0.1, 0.15) is 0 Å². The van der Waals surface area contributed by atoms with E-state index in [1.165, 1.54) is 11.1 Å². The third-order valence-electron chi connectivity index (χ3n) is 2.57. The Bertz CT molecular complexity index is 494. The molecule has 86 valence electrons. The minimum absolute atomic E-state index is 0.717. The van der Waals surface area contributed by atoms with Crippen LogP contribution < -0.4 is 0 Å². The summed E-state index contributed by atoms with van der Waals surface area (Å²) in [4.78, 5) is 2.27. The first-order chi connectivity index (χ1) is 8.28. The molecule has 0 atom stereocenters. The lowest BCUT2D eigenvalue weighted by molar-refractivity contribution is 0.319. The largest absolute Gasteiger partial charge is 0.298 e. The molecule has 0 fully saturated rings. The van der Waals surface area contributed by atoms with Crippen LogP contribution in [0.2, 0.25) is 0 Å². The Balaban J connectivity index is 1.94. The molecule has 0 aliphatic rings. The molecule has 2 nitrogen and oxygen atoms in total. The normalized spacial score (nSPS) is 10.4. The fraction of sp³-hybridized carbons (Fsp3) is 0.214. The molecule has 0 unspecified atom stereocenters. The van der Waals surface area contributed by atoms with E-state index in [1.54, 1.807) is 11.3 Å². The summed E-state index contributed by atoms with van der Waals surface area (Å²) in [5, 5.41) is 13.0. The molecule has 0 aliphatic heterocycles. The highest BCUT2D eigenvalue weighted by Crippen LogP contribution is 2.11. The van der Waals surface area contributed by atoms with Crippen LogP contribution >= 0.6 is 11.3 Å². The maximum Gasteiger partial charge on any atom is 0.0991 e. The van der Waals surface area contributed by atoms with E-state index in [-0.39, 0.29) is 0 Å². The Morgan fingerprint density at radius 1 is 1.12 bits per heavy atom. The molecule has 0 aliphatic carbocycles. The van der Waals surface area contributed by atoms with Gasteiger partial charge in [0, 0.05) is 13.1 Å². The van der Waals surface area contributed by atoms with E-state index in [9.17, 15) is 0 Å². The van der Waals surface area contributed by atoms with Crippen LogP contribution in [0.1, 0.15) is 16.7 Å². The summed E-state index contributed by atoms with van der Waals surface area (Å²) in [5.74, 6) is 0. The molecular formula is C14H14N2S. The van der Waals surface area contributed by atoms with Crippen LogP contribution in [0.5, 0.6) is 0 Å². The fourth-order valence-electron chi connectivity index (χ4n) is 1.75. The maximum atomic E-state index is 8.72. The highest BCUT2D eigenvalue weighted by atomic mass is 32.1. The van der Waals surface area contributed by atoms with Crippen molar-refractivity contribution in [2.75, 3.05) is 7.05 Å². The van der Waals surface area contributed by atoms with Crippen molar-refractivity contribution in [3.8, 4) is 6.07 Å². The predicted molar refractivity (Wildman–Crippen MR) is 70.6 cm³/mol. The van der Waals surface area contributed by atoms with Gasteiger partial charge in [-0.2, -0.15) is 16.6 Å². The average Bonchev–Trinajstić information content (AvgIpc) is 2.82. The summed E-state index contributed by atoms with van der Waals surface area (Å²) in [6.45, 7) is 1.87. The van der Waals surface area contributed by atoms with E-state index in [4.69, 9.17) is 5.26 Å². The van der Waals surface area contributed by atoms with Gasteiger partial charge in [0.2, 0.25) is 0 Å². The molecule has 3 heteroatoms. The van der Waals surface area contributed by atoms with Gasteiger partial charge in [-0.05, 0) is 47.1 Å². The zero-order chi connectivity index (χ0) is 12.1. The first kappa shape index (κ1) is 11.8. The molecule has 2 rings (SSSR count). The van der Waals surface area contributed by atoms with Gasteiger partial charge >= 0.3 is 0 Å². The van der Waals surface area contributed by atoms with Gasteiger partial charge in [0.15, 0.2) is 0 Å². The molecule has 0 amide bonds. The summed E-state index contributed by atoms with van der Waals surface area (Å²) in [6.07, 6.45) is 0. The van der Waals surface area contributed by atoms with Gasteiger partial charge in [-0.15, -0.1) is 0 Å².